The van der Waals surface area contributed by atoms with Crippen LogP contribution in [0.15, 0.2) is 104 Å². The predicted octanol–water partition coefficient (Wildman–Crippen LogP) is 6.13. The predicted molar refractivity (Wildman–Crippen MR) is 224 cm³/mol. The largest absolute Gasteiger partial charge is 0.366 e. The number of aromatic nitrogens is 6. The molecule has 0 spiro atoms. The molecule has 0 saturated heterocycles. The number of imidazole rings is 2. The number of anilines is 2. The van der Waals surface area contributed by atoms with E-state index in [-0.39, 0.29) is 17.7 Å². The number of amides is 3. The number of nitrogens with zero attached hydrogens (tertiary/aromatic N) is 6. The standard InChI is InChI=1S/C24H23N5O.C20H22N6O2/c1-15-4-2-3-5-18(15)13-27-23-24-28-21(14-29(24)11-10-26-23)17-8-9-19(22(25)30)20(12-17)16-6-7-16;1-13(27)21-8-9-22-18-19-24-12-17(26(19)11-10-23-18)14-2-4-15(5-3-14)20(28)25-16-6-7-16/h2-5,8-12,14,16H,6-7,13H2,1H3,(H2,25,30)(H,26,27);2-5,10-12,16H,6-9H2,1H3,(H,21,27)(H,22,23)(H,25,28). The number of benzene rings is 3. The summed E-state index contributed by atoms with van der Waals surface area (Å²) in [7, 11) is 0. The molecule has 2 saturated carbocycles. The van der Waals surface area contributed by atoms with Gasteiger partial charge < -0.3 is 31.4 Å². The number of nitrogens with two attached hydrogens (primary N) is 1. The first-order valence-electron chi connectivity index (χ1n) is 19.5. The van der Waals surface area contributed by atoms with Gasteiger partial charge in [0.25, 0.3) is 5.91 Å². The van der Waals surface area contributed by atoms with Crippen molar-refractivity contribution in [3.8, 4) is 22.5 Å². The first-order valence-corrected chi connectivity index (χ1v) is 19.5. The lowest BCUT2D eigenvalue weighted by Crippen LogP contribution is -2.26. The molecule has 0 atom stereocenters. The Balaban J connectivity index is 0.000000162. The molecule has 14 nitrogen and oxygen atoms in total. The van der Waals surface area contributed by atoms with E-state index < -0.39 is 0 Å². The summed E-state index contributed by atoms with van der Waals surface area (Å²) in [4.78, 5) is 53.0. The van der Waals surface area contributed by atoms with Crippen LogP contribution in [0.3, 0.4) is 0 Å². The maximum Gasteiger partial charge on any atom is 0.251 e. The molecule has 9 rings (SSSR count). The van der Waals surface area contributed by atoms with Gasteiger partial charge in [-0.3, -0.25) is 18.8 Å². The summed E-state index contributed by atoms with van der Waals surface area (Å²) in [6.07, 6.45) is 15.3. The van der Waals surface area contributed by atoms with Gasteiger partial charge in [-0.2, -0.15) is 0 Å². The maximum absolute atomic E-state index is 12.1. The van der Waals surface area contributed by atoms with E-state index in [4.69, 9.17) is 10.7 Å². The van der Waals surface area contributed by atoms with E-state index in [1.165, 1.54) is 18.1 Å². The van der Waals surface area contributed by atoms with Gasteiger partial charge in [0.2, 0.25) is 11.8 Å². The summed E-state index contributed by atoms with van der Waals surface area (Å²) < 4.78 is 3.92. The molecule has 0 aliphatic heterocycles. The van der Waals surface area contributed by atoms with Crippen LogP contribution in [0.25, 0.3) is 33.8 Å². The zero-order chi connectivity index (χ0) is 40.2. The second-order valence-electron chi connectivity index (χ2n) is 14.7. The molecular weight excluding hydrogens is 731 g/mol. The van der Waals surface area contributed by atoms with Crippen LogP contribution in [-0.4, -0.2) is 65.6 Å². The zero-order valence-corrected chi connectivity index (χ0v) is 32.4. The van der Waals surface area contributed by atoms with Crippen molar-refractivity contribution in [1.82, 2.24) is 39.4 Å². The van der Waals surface area contributed by atoms with Gasteiger partial charge in [-0.15, -0.1) is 0 Å². The van der Waals surface area contributed by atoms with Gasteiger partial charge in [-0.1, -0.05) is 42.5 Å². The molecule has 0 bridgehead atoms. The Hall–Kier alpha value is -7.09. The number of primary amides is 1. The molecule has 2 aliphatic carbocycles. The number of carbonyl (C=O) groups excluding carboxylic acids is 3. The summed E-state index contributed by atoms with van der Waals surface area (Å²) in [5.41, 5.74) is 15.5. The van der Waals surface area contributed by atoms with E-state index in [0.717, 1.165) is 65.2 Å². The van der Waals surface area contributed by atoms with Crippen LogP contribution in [0, 0.1) is 6.92 Å². The van der Waals surface area contributed by atoms with Crippen molar-refractivity contribution < 1.29 is 14.4 Å². The summed E-state index contributed by atoms with van der Waals surface area (Å²) >= 11 is 0. The van der Waals surface area contributed by atoms with E-state index in [2.05, 4.69) is 61.3 Å². The van der Waals surface area contributed by atoms with Crippen molar-refractivity contribution >= 4 is 40.7 Å². The van der Waals surface area contributed by atoms with E-state index in [9.17, 15) is 14.4 Å². The lowest BCUT2D eigenvalue weighted by Gasteiger charge is -2.08. The Labute approximate surface area is 335 Å². The van der Waals surface area contributed by atoms with Crippen molar-refractivity contribution in [2.75, 3.05) is 23.7 Å². The number of rotatable bonds is 13. The fraction of sp³-hybridized carbons (Fsp3) is 0.250. The molecule has 6 N–H and O–H groups in total. The molecule has 0 radical (unpaired) electrons. The van der Waals surface area contributed by atoms with E-state index in [1.807, 2.05) is 75.9 Å². The van der Waals surface area contributed by atoms with E-state index >= 15 is 0 Å². The Morgan fingerprint density at radius 3 is 2.29 bits per heavy atom. The monoisotopic (exact) mass is 775 g/mol. The molecule has 7 aromatic rings. The van der Waals surface area contributed by atoms with Crippen molar-refractivity contribution in [1.29, 1.82) is 0 Å². The van der Waals surface area contributed by atoms with Crippen LogP contribution < -0.4 is 27.0 Å². The SMILES string of the molecule is CC(=O)NCCNc1nccn2c(-c3ccc(C(=O)NC4CC4)cc3)cnc12.Cc1ccccc1CNc1nccn2cc(-c3ccc(C(N)=O)c(C4CC4)c3)nc12. The number of aryl methyl sites for hydroxylation is 1. The van der Waals surface area contributed by atoms with Crippen LogP contribution >= 0.6 is 0 Å². The van der Waals surface area contributed by atoms with Crippen LogP contribution in [0.5, 0.6) is 0 Å². The molecule has 3 amide bonds. The summed E-state index contributed by atoms with van der Waals surface area (Å²) in [5, 5.41) is 12.3. The van der Waals surface area contributed by atoms with Crippen LogP contribution in [0.1, 0.15) is 75.9 Å². The van der Waals surface area contributed by atoms with Crippen molar-refractivity contribution in [3.05, 3.63) is 132 Å². The highest BCUT2D eigenvalue weighted by Gasteiger charge is 2.28. The van der Waals surface area contributed by atoms with Crippen molar-refractivity contribution in [2.45, 2.75) is 58.0 Å². The summed E-state index contributed by atoms with van der Waals surface area (Å²) in [6, 6.07) is 22.0. The van der Waals surface area contributed by atoms with Crippen LogP contribution in [-0.2, 0) is 11.3 Å². The van der Waals surface area contributed by atoms with Crippen molar-refractivity contribution in [3.63, 3.8) is 0 Å². The zero-order valence-electron chi connectivity index (χ0n) is 32.4. The summed E-state index contributed by atoms with van der Waals surface area (Å²) in [5.74, 6) is 1.36. The third-order valence-electron chi connectivity index (χ3n) is 10.3. The molecule has 3 aromatic carbocycles. The van der Waals surface area contributed by atoms with Gasteiger partial charge in [-0.25, -0.2) is 19.9 Å². The molecular formula is C44H45N11O3. The van der Waals surface area contributed by atoms with E-state index in [1.54, 1.807) is 18.6 Å². The fourth-order valence-electron chi connectivity index (χ4n) is 6.82. The third kappa shape index (κ3) is 8.65. The van der Waals surface area contributed by atoms with Crippen LogP contribution in [0.4, 0.5) is 11.6 Å². The first kappa shape index (κ1) is 37.8. The lowest BCUT2D eigenvalue weighted by atomic mass is 9.98. The Kier molecular flexibility index (Phi) is 10.8. The number of hydrogen-bond donors (Lipinski definition) is 5. The van der Waals surface area contributed by atoms with Gasteiger partial charge in [0.15, 0.2) is 22.9 Å². The normalized spacial score (nSPS) is 13.4. The maximum atomic E-state index is 12.1. The minimum atomic E-state index is -0.370. The second kappa shape index (κ2) is 16.6. The van der Waals surface area contributed by atoms with Gasteiger partial charge in [0.05, 0.1) is 17.6 Å². The minimum Gasteiger partial charge on any atom is -0.366 e. The minimum absolute atomic E-state index is 0.0259. The van der Waals surface area contributed by atoms with Crippen molar-refractivity contribution in [2.24, 2.45) is 5.73 Å². The number of carbonyl (C=O) groups is 3. The average Bonchev–Trinajstić information content (AvgIpc) is 4.16. The topological polar surface area (TPSA) is 186 Å². The Morgan fingerprint density at radius 1 is 0.828 bits per heavy atom. The molecule has 294 valence electrons. The highest BCUT2D eigenvalue weighted by molar-refractivity contribution is 5.96. The Morgan fingerprint density at radius 2 is 1.57 bits per heavy atom. The molecule has 0 unspecified atom stereocenters. The van der Waals surface area contributed by atoms with Gasteiger partial charge in [0.1, 0.15) is 0 Å². The first-order chi connectivity index (χ1) is 28.2. The molecule has 4 heterocycles. The fourth-order valence-corrected chi connectivity index (χ4v) is 6.82. The smallest absolute Gasteiger partial charge is 0.251 e. The molecule has 2 aliphatic rings. The van der Waals surface area contributed by atoms with Crippen LogP contribution in [0.2, 0.25) is 0 Å². The van der Waals surface area contributed by atoms with Gasteiger partial charge in [-0.05, 0) is 79.5 Å². The van der Waals surface area contributed by atoms with E-state index in [0.29, 0.717) is 54.2 Å². The number of fused-ring (bicyclic) bond motifs is 2. The second-order valence-corrected chi connectivity index (χ2v) is 14.7. The quantitative estimate of drug-likeness (QED) is 0.0860. The van der Waals surface area contributed by atoms with Gasteiger partial charge in [0, 0.05) is 85.8 Å². The molecule has 4 aromatic heterocycles. The number of hydrogen-bond acceptors (Lipinski definition) is 9. The third-order valence-corrected chi connectivity index (χ3v) is 10.3. The number of nitrogens with one attached hydrogen (secondary N) is 4. The molecule has 58 heavy (non-hydrogen) atoms. The summed E-state index contributed by atoms with van der Waals surface area (Å²) in [6.45, 7) is 5.34. The highest BCUT2D eigenvalue weighted by atomic mass is 16.2. The Bertz CT molecular complexity index is 2620. The average molecular weight is 776 g/mol. The van der Waals surface area contributed by atoms with Gasteiger partial charge >= 0.3 is 0 Å². The molecule has 2 fully saturated rings. The highest BCUT2D eigenvalue weighted by Crippen LogP contribution is 2.43. The molecule has 14 heteroatoms. The lowest BCUT2D eigenvalue weighted by molar-refractivity contribution is -0.118.